The van der Waals surface area contributed by atoms with E-state index in [1.807, 2.05) is 18.2 Å². The van der Waals surface area contributed by atoms with Crippen LogP contribution in [-0.2, 0) is 26.0 Å². The van der Waals surface area contributed by atoms with Crippen molar-refractivity contribution in [3.63, 3.8) is 0 Å². The highest BCUT2D eigenvalue weighted by atomic mass is 79.9. The molecule has 0 saturated carbocycles. The highest BCUT2D eigenvalue weighted by Gasteiger charge is 2.25. The number of ether oxygens (including phenoxy) is 1. The van der Waals surface area contributed by atoms with E-state index in [1.165, 1.54) is 0 Å². The fraction of sp³-hybridized carbons (Fsp3) is 0.263. The van der Waals surface area contributed by atoms with Crippen molar-refractivity contribution < 1.29 is 22.7 Å². The molecule has 0 bridgehead atoms. The quantitative estimate of drug-likeness (QED) is 0.620. The van der Waals surface area contributed by atoms with Crippen LogP contribution in [0.2, 0.25) is 0 Å². The Bertz CT molecular complexity index is 899. The highest BCUT2D eigenvalue weighted by Crippen LogP contribution is 2.16. The van der Waals surface area contributed by atoms with Gasteiger partial charge in [-0.25, -0.2) is 13.2 Å². The van der Waals surface area contributed by atoms with Crippen LogP contribution in [0.1, 0.15) is 22.3 Å². The summed E-state index contributed by atoms with van der Waals surface area (Å²) in [5, 5.41) is 2.57. The van der Waals surface area contributed by atoms with E-state index in [0.717, 1.165) is 11.8 Å². The second-order valence-electron chi connectivity index (χ2n) is 6.02. The summed E-state index contributed by atoms with van der Waals surface area (Å²) >= 11 is 3.28. The molecule has 1 N–H and O–H groups in total. The number of benzene rings is 2. The predicted molar refractivity (Wildman–Crippen MR) is 106 cm³/mol. The molecule has 2 aromatic carbocycles. The molecular weight excluding hydrogens is 434 g/mol. The molecule has 0 aromatic heterocycles. The van der Waals surface area contributed by atoms with Gasteiger partial charge in [-0.3, -0.25) is 4.79 Å². The third kappa shape index (κ3) is 7.15. The molecule has 0 saturated heterocycles. The second kappa shape index (κ2) is 9.66. The van der Waals surface area contributed by atoms with E-state index in [-0.39, 0.29) is 18.8 Å². The molecule has 8 heteroatoms. The van der Waals surface area contributed by atoms with Gasteiger partial charge in [0.25, 0.3) is 5.91 Å². The fourth-order valence-electron chi connectivity index (χ4n) is 2.29. The Morgan fingerprint density at radius 2 is 1.70 bits per heavy atom. The first-order valence-electron chi connectivity index (χ1n) is 8.20. The van der Waals surface area contributed by atoms with Crippen LogP contribution in [0.15, 0.2) is 59.1 Å². The van der Waals surface area contributed by atoms with E-state index in [0.29, 0.717) is 10.0 Å². The lowest BCUT2D eigenvalue weighted by Crippen LogP contribution is -2.43. The van der Waals surface area contributed by atoms with Gasteiger partial charge in [0, 0.05) is 10.7 Å². The van der Waals surface area contributed by atoms with E-state index in [4.69, 9.17) is 4.74 Å². The molecule has 2 rings (SSSR count). The molecular formula is C19H20BrNO5S. The molecule has 0 aliphatic carbocycles. The summed E-state index contributed by atoms with van der Waals surface area (Å²) in [6.45, 7) is 0.0416. The summed E-state index contributed by atoms with van der Waals surface area (Å²) in [7, 11) is -3.30. The third-order valence-electron chi connectivity index (χ3n) is 3.71. The molecule has 144 valence electrons. The number of carbonyl (C=O) groups excluding carboxylic acids is 2. The SMILES string of the molecule is CS(=O)(=O)CC[C@@H](NC(=O)c1ccccc1Br)C(=O)OCc1ccccc1. The number of sulfone groups is 1. The molecule has 1 amide bonds. The Morgan fingerprint density at radius 3 is 2.33 bits per heavy atom. The summed E-state index contributed by atoms with van der Waals surface area (Å²) < 4.78 is 28.8. The van der Waals surface area contributed by atoms with Crippen LogP contribution in [0.5, 0.6) is 0 Å². The molecule has 0 radical (unpaired) electrons. The van der Waals surface area contributed by atoms with Gasteiger partial charge in [0.05, 0.1) is 11.3 Å². The van der Waals surface area contributed by atoms with E-state index in [1.54, 1.807) is 36.4 Å². The van der Waals surface area contributed by atoms with Gasteiger partial charge in [0.2, 0.25) is 0 Å². The maximum Gasteiger partial charge on any atom is 0.329 e. The summed E-state index contributed by atoms with van der Waals surface area (Å²) in [6, 6.07) is 14.8. The van der Waals surface area contributed by atoms with Gasteiger partial charge in [-0.1, -0.05) is 42.5 Å². The van der Waals surface area contributed by atoms with Crippen LogP contribution in [0.3, 0.4) is 0 Å². The maximum absolute atomic E-state index is 12.5. The number of rotatable bonds is 8. The smallest absolute Gasteiger partial charge is 0.329 e. The van der Waals surface area contributed by atoms with Crippen LogP contribution in [0, 0.1) is 0 Å². The average molecular weight is 454 g/mol. The number of hydrogen-bond acceptors (Lipinski definition) is 5. The largest absolute Gasteiger partial charge is 0.459 e. The molecule has 0 fully saturated rings. The van der Waals surface area contributed by atoms with Gasteiger partial charge < -0.3 is 10.1 Å². The standard InChI is InChI=1S/C19H20BrNO5S/c1-27(24,25)12-11-17(19(23)26-13-14-7-3-2-4-8-14)21-18(22)15-9-5-6-10-16(15)20/h2-10,17H,11-13H2,1H3,(H,21,22)/t17-/m1/s1. The Morgan fingerprint density at radius 1 is 1.07 bits per heavy atom. The molecule has 0 unspecified atom stereocenters. The zero-order chi connectivity index (χ0) is 19.9. The molecule has 0 spiro atoms. The lowest BCUT2D eigenvalue weighted by molar-refractivity contribution is -0.147. The molecule has 0 heterocycles. The maximum atomic E-state index is 12.5. The highest BCUT2D eigenvalue weighted by molar-refractivity contribution is 9.10. The van der Waals surface area contributed by atoms with Crippen molar-refractivity contribution in [2.24, 2.45) is 0 Å². The number of carbonyl (C=O) groups is 2. The average Bonchev–Trinajstić information content (AvgIpc) is 2.63. The number of amides is 1. The molecule has 27 heavy (non-hydrogen) atoms. The zero-order valence-electron chi connectivity index (χ0n) is 14.7. The van der Waals surface area contributed by atoms with Gasteiger partial charge in [-0.05, 0) is 40.0 Å². The van der Waals surface area contributed by atoms with Crippen molar-refractivity contribution >= 4 is 37.6 Å². The van der Waals surface area contributed by atoms with Crippen LogP contribution in [0.25, 0.3) is 0 Å². The Labute approximate surface area is 167 Å². The first kappa shape index (κ1) is 21.1. The van der Waals surface area contributed by atoms with E-state index in [2.05, 4.69) is 21.2 Å². The summed E-state index contributed by atoms with van der Waals surface area (Å²) in [6.07, 6.45) is 1.01. The number of nitrogens with one attached hydrogen (secondary N) is 1. The van der Waals surface area contributed by atoms with E-state index >= 15 is 0 Å². The van der Waals surface area contributed by atoms with Crippen molar-refractivity contribution in [3.05, 3.63) is 70.2 Å². The Kier molecular flexibility index (Phi) is 7.55. The van der Waals surface area contributed by atoms with E-state index in [9.17, 15) is 18.0 Å². The van der Waals surface area contributed by atoms with Crippen molar-refractivity contribution in [3.8, 4) is 0 Å². The summed E-state index contributed by atoms with van der Waals surface area (Å²) in [5.41, 5.74) is 1.14. The Hall–Kier alpha value is -2.19. The van der Waals surface area contributed by atoms with Gasteiger partial charge >= 0.3 is 5.97 Å². The van der Waals surface area contributed by atoms with Crippen molar-refractivity contribution in [1.82, 2.24) is 5.32 Å². The summed E-state index contributed by atoms with van der Waals surface area (Å²) in [5.74, 6) is -1.41. The molecule has 0 aliphatic heterocycles. The van der Waals surface area contributed by atoms with Crippen LogP contribution < -0.4 is 5.32 Å². The predicted octanol–water partition coefficient (Wildman–Crippen LogP) is 2.73. The zero-order valence-corrected chi connectivity index (χ0v) is 17.1. The van der Waals surface area contributed by atoms with Crippen LogP contribution >= 0.6 is 15.9 Å². The lowest BCUT2D eigenvalue weighted by Gasteiger charge is -2.18. The normalized spacial score (nSPS) is 12.2. The van der Waals surface area contributed by atoms with Gasteiger partial charge in [0.1, 0.15) is 22.5 Å². The minimum Gasteiger partial charge on any atom is -0.459 e. The molecule has 6 nitrogen and oxygen atoms in total. The minimum absolute atomic E-state index is 0.0416. The van der Waals surface area contributed by atoms with Crippen LogP contribution in [0.4, 0.5) is 0 Å². The van der Waals surface area contributed by atoms with Gasteiger partial charge in [-0.15, -0.1) is 0 Å². The third-order valence-corrected chi connectivity index (χ3v) is 5.38. The van der Waals surface area contributed by atoms with Crippen molar-refractivity contribution in [1.29, 1.82) is 0 Å². The van der Waals surface area contributed by atoms with Gasteiger partial charge in [-0.2, -0.15) is 0 Å². The number of halogens is 1. The lowest BCUT2D eigenvalue weighted by atomic mass is 10.1. The van der Waals surface area contributed by atoms with Crippen molar-refractivity contribution in [2.75, 3.05) is 12.0 Å². The van der Waals surface area contributed by atoms with Crippen molar-refractivity contribution in [2.45, 2.75) is 19.1 Å². The fourth-order valence-corrected chi connectivity index (χ4v) is 3.42. The monoisotopic (exact) mass is 453 g/mol. The summed E-state index contributed by atoms with van der Waals surface area (Å²) in [4.78, 5) is 24.9. The van der Waals surface area contributed by atoms with E-state index < -0.39 is 27.8 Å². The second-order valence-corrected chi connectivity index (χ2v) is 9.13. The number of hydrogen-bond donors (Lipinski definition) is 1. The topological polar surface area (TPSA) is 89.5 Å². The minimum atomic E-state index is -3.30. The first-order chi connectivity index (χ1) is 12.8. The molecule has 0 aliphatic rings. The molecule has 2 aromatic rings. The number of esters is 1. The van der Waals surface area contributed by atoms with Gasteiger partial charge in [0.15, 0.2) is 0 Å². The molecule has 1 atom stereocenters. The van der Waals surface area contributed by atoms with Crippen LogP contribution in [-0.4, -0.2) is 38.3 Å². The first-order valence-corrected chi connectivity index (χ1v) is 11.1. The Balaban J connectivity index is 2.08.